The molecule has 2 atom stereocenters. The summed E-state index contributed by atoms with van der Waals surface area (Å²) < 4.78 is 40.8. The minimum Gasteiger partial charge on any atom is -0.507 e. The number of phenols is 1. The van der Waals surface area contributed by atoms with E-state index in [9.17, 15) is 28.2 Å². The minimum absolute atomic E-state index is 0.0462. The SMILES string of the molecule is CCN1C[C@H](Cn2nc3nc(-c4c(C)cc(C(F)(F)F)cc4O)ccc3c2[C@H](C)O)CC1=O. The van der Waals surface area contributed by atoms with Crippen LogP contribution in [0.2, 0.25) is 0 Å². The summed E-state index contributed by atoms with van der Waals surface area (Å²) in [5.41, 5.74) is 0.626. The number of likely N-dealkylation sites (tertiary alicyclic amines) is 1. The molecule has 176 valence electrons. The van der Waals surface area contributed by atoms with E-state index in [0.717, 1.165) is 6.07 Å². The van der Waals surface area contributed by atoms with Crippen LogP contribution in [-0.4, -0.2) is 48.9 Å². The predicted octanol–water partition coefficient (Wildman–Crippen LogP) is 4.05. The van der Waals surface area contributed by atoms with E-state index in [0.29, 0.717) is 48.8 Å². The van der Waals surface area contributed by atoms with Gasteiger partial charge in [-0.15, -0.1) is 0 Å². The van der Waals surface area contributed by atoms with E-state index in [1.807, 2.05) is 6.92 Å². The second-order valence-corrected chi connectivity index (χ2v) is 8.50. The van der Waals surface area contributed by atoms with Gasteiger partial charge in [0.05, 0.1) is 23.1 Å². The first kappa shape index (κ1) is 23.0. The Kier molecular flexibility index (Phi) is 5.81. The van der Waals surface area contributed by atoms with Gasteiger partial charge in [0.25, 0.3) is 0 Å². The molecular weight excluding hydrogens is 437 g/mol. The molecule has 1 aliphatic heterocycles. The number of halogens is 3. The van der Waals surface area contributed by atoms with Crippen LogP contribution < -0.4 is 0 Å². The Balaban J connectivity index is 1.74. The third-order valence-corrected chi connectivity index (χ3v) is 6.05. The predicted molar refractivity (Wildman–Crippen MR) is 115 cm³/mol. The summed E-state index contributed by atoms with van der Waals surface area (Å²) in [6, 6.07) is 4.94. The zero-order valence-electron chi connectivity index (χ0n) is 18.5. The van der Waals surface area contributed by atoms with Gasteiger partial charge in [-0.2, -0.15) is 18.3 Å². The molecule has 7 nitrogen and oxygen atoms in total. The molecular formula is C23H25F3N4O3. The van der Waals surface area contributed by atoms with Crippen molar-refractivity contribution in [3.05, 3.63) is 41.1 Å². The van der Waals surface area contributed by atoms with Crippen LogP contribution in [-0.2, 0) is 17.5 Å². The maximum absolute atomic E-state index is 13.1. The van der Waals surface area contributed by atoms with Gasteiger partial charge in [-0.3, -0.25) is 9.48 Å². The Morgan fingerprint density at radius 1 is 1.27 bits per heavy atom. The molecule has 2 aromatic heterocycles. The molecule has 1 saturated heterocycles. The number of phenolic OH excluding ortho intramolecular Hbond substituents is 1. The third kappa shape index (κ3) is 4.27. The highest BCUT2D eigenvalue weighted by Gasteiger charge is 2.33. The smallest absolute Gasteiger partial charge is 0.416 e. The lowest BCUT2D eigenvalue weighted by Crippen LogP contribution is -2.25. The Bertz CT molecular complexity index is 1200. The quantitative estimate of drug-likeness (QED) is 0.597. The molecule has 1 aromatic carbocycles. The van der Waals surface area contributed by atoms with Crippen molar-refractivity contribution in [3.8, 4) is 17.0 Å². The van der Waals surface area contributed by atoms with Crippen molar-refractivity contribution in [3.63, 3.8) is 0 Å². The third-order valence-electron chi connectivity index (χ3n) is 6.05. The molecule has 1 aliphatic rings. The van der Waals surface area contributed by atoms with Crippen molar-refractivity contribution < 1.29 is 28.2 Å². The topological polar surface area (TPSA) is 91.5 Å². The number of hydrogen-bond donors (Lipinski definition) is 2. The second kappa shape index (κ2) is 8.33. The van der Waals surface area contributed by atoms with Gasteiger partial charge in [0.15, 0.2) is 5.65 Å². The minimum atomic E-state index is -4.57. The number of alkyl halides is 3. The van der Waals surface area contributed by atoms with Crippen LogP contribution >= 0.6 is 0 Å². The maximum atomic E-state index is 13.1. The molecule has 0 aliphatic carbocycles. The zero-order chi connectivity index (χ0) is 24.1. The highest BCUT2D eigenvalue weighted by Crippen LogP contribution is 2.39. The molecule has 1 amide bonds. The second-order valence-electron chi connectivity index (χ2n) is 8.50. The van der Waals surface area contributed by atoms with Gasteiger partial charge in [0.2, 0.25) is 5.91 Å². The number of aliphatic hydroxyl groups is 1. The van der Waals surface area contributed by atoms with Crippen LogP contribution in [0.25, 0.3) is 22.3 Å². The summed E-state index contributed by atoms with van der Waals surface area (Å²) in [4.78, 5) is 18.4. The number of pyridine rings is 1. The van der Waals surface area contributed by atoms with Gasteiger partial charge < -0.3 is 15.1 Å². The fraction of sp³-hybridized carbons (Fsp3) is 0.435. The number of aryl methyl sites for hydroxylation is 1. The number of nitrogens with zero attached hydrogens (tertiary/aromatic N) is 4. The number of aliphatic hydroxyl groups excluding tert-OH is 1. The number of benzene rings is 1. The fourth-order valence-electron chi connectivity index (χ4n) is 4.54. The first-order valence-corrected chi connectivity index (χ1v) is 10.7. The number of aromatic hydroxyl groups is 1. The standard InChI is InChI=1S/C23H25F3N4O3/c1-4-29-10-14(8-19(29)33)11-30-21(13(3)31)16-5-6-17(27-22(16)28-30)20-12(2)7-15(9-18(20)32)23(24,25)26/h5-7,9,13-14,31-32H,4,8,10-11H2,1-3H3/t13-,14+/m0/s1. The monoisotopic (exact) mass is 462 g/mol. The van der Waals surface area contributed by atoms with Crippen molar-refractivity contribution >= 4 is 16.9 Å². The normalized spacial score (nSPS) is 17.8. The lowest BCUT2D eigenvalue weighted by atomic mass is 10.00. The number of hydrogen-bond acceptors (Lipinski definition) is 5. The van der Waals surface area contributed by atoms with Gasteiger partial charge in [-0.25, -0.2) is 4.98 Å². The molecule has 0 radical (unpaired) electrons. The highest BCUT2D eigenvalue weighted by atomic mass is 19.4. The number of aromatic nitrogens is 3. The van der Waals surface area contributed by atoms with Crippen molar-refractivity contribution in [2.24, 2.45) is 5.92 Å². The zero-order valence-corrected chi connectivity index (χ0v) is 18.5. The largest absolute Gasteiger partial charge is 0.507 e. The molecule has 0 saturated carbocycles. The Labute approximate surface area is 188 Å². The lowest BCUT2D eigenvalue weighted by Gasteiger charge is -2.15. The van der Waals surface area contributed by atoms with Gasteiger partial charge in [-0.05, 0) is 50.6 Å². The Morgan fingerprint density at radius 2 is 2.00 bits per heavy atom. The first-order chi connectivity index (χ1) is 15.5. The lowest BCUT2D eigenvalue weighted by molar-refractivity contribution is -0.137. The average Bonchev–Trinajstić information content (AvgIpc) is 3.25. The summed E-state index contributed by atoms with van der Waals surface area (Å²) in [7, 11) is 0. The molecule has 33 heavy (non-hydrogen) atoms. The van der Waals surface area contributed by atoms with Gasteiger partial charge in [0.1, 0.15) is 5.75 Å². The number of rotatable bonds is 5. The maximum Gasteiger partial charge on any atom is 0.416 e. The van der Waals surface area contributed by atoms with Crippen LogP contribution in [0.3, 0.4) is 0 Å². The molecule has 0 unspecified atom stereocenters. The summed E-state index contributed by atoms with van der Waals surface area (Å²) in [6.45, 7) is 6.70. The van der Waals surface area contributed by atoms with Crippen molar-refractivity contribution in [2.45, 2.75) is 46.0 Å². The van der Waals surface area contributed by atoms with E-state index < -0.39 is 23.6 Å². The Morgan fingerprint density at radius 3 is 2.58 bits per heavy atom. The van der Waals surface area contributed by atoms with Crippen molar-refractivity contribution in [1.82, 2.24) is 19.7 Å². The molecule has 2 N–H and O–H groups in total. The number of carbonyl (C=O) groups excluding carboxylic acids is 1. The van der Waals surface area contributed by atoms with Crippen LogP contribution in [0.5, 0.6) is 5.75 Å². The van der Waals surface area contributed by atoms with E-state index in [4.69, 9.17) is 0 Å². The van der Waals surface area contributed by atoms with E-state index in [-0.39, 0.29) is 28.6 Å². The van der Waals surface area contributed by atoms with Gasteiger partial charge in [-0.1, -0.05) is 0 Å². The van der Waals surface area contributed by atoms with Crippen LogP contribution in [0.4, 0.5) is 13.2 Å². The molecule has 3 heterocycles. The van der Waals surface area contributed by atoms with E-state index in [2.05, 4.69) is 10.1 Å². The molecule has 0 bridgehead atoms. The summed E-state index contributed by atoms with van der Waals surface area (Å²) >= 11 is 0. The first-order valence-electron chi connectivity index (χ1n) is 10.7. The molecule has 4 rings (SSSR count). The van der Waals surface area contributed by atoms with Gasteiger partial charge in [0, 0.05) is 42.9 Å². The van der Waals surface area contributed by atoms with E-state index >= 15 is 0 Å². The van der Waals surface area contributed by atoms with Crippen LogP contribution in [0.15, 0.2) is 24.3 Å². The molecule has 3 aromatic rings. The molecule has 10 heteroatoms. The summed E-state index contributed by atoms with van der Waals surface area (Å²) in [5.74, 6) is -0.384. The number of amides is 1. The molecule has 1 fully saturated rings. The summed E-state index contributed by atoms with van der Waals surface area (Å²) in [5, 5.41) is 25.8. The van der Waals surface area contributed by atoms with E-state index in [1.54, 1.807) is 28.6 Å². The van der Waals surface area contributed by atoms with E-state index in [1.165, 1.54) is 6.92 Å². The van der Waals surface area contributed by atoms with Crippen LogP contribution in [0, 0.1) is 12.8 Å². The Hall–Kier alpha value is -3.14. The van der Waals surface area contributed by atoms with Crippen LogP contribution in [0.1, 0.15) is 43.2 Å². The van der Waals surface area contributed by atoms with Crippen molar-refractivity contribution in [2.75, 3.05) is 13.1 Å². The van der Waals surface area contributed by atoms with Gasteiger partial charge >= 0.3 is 6.18 Å². The number of fused-ring (bicyclic) bond motifs is 1. The average molecular weight is 462 g/mol. The fourth-order valence-corrected chi connectivity index (χ4v) is 4.54. The van der Waals surface area contributed by atoms with Crippen molar-refractivity contribution in [1.29, 1.82) is 0 Å². The number of carbonyl (C=O) groups is 1. The molecule has 0 spiro atoms. The summed E-state index contributed by atoms with van der Waals surface area (Å²) in [6.07, 6.45) is -5.01. The highest BCUT2D eigenvalue weighted by molar-refractivity contribution is 5.83.